The molecule has 1 radical (unpaired) electrons. The Kier molecular flexibility index (Phi) is 9.33. The second-order valence-corrected chi connectivity index (χ2v) is 8.34. The summed E-state index contributed by atoms with van der Waals surface area (Å²) in [7, 11) is -2.92. The molecule has 6 N–H and O–H groups in total. The van der Waals surface area contributed by atoms with E-state index in [4.69, 9.17) is 20.1 Å². The molecule has 6 atom stereocenters. The van der Waals surface area contributed by atoms with Gasteiger partial charge in [-0.2, -0.15) is 0 Å². The van der Waals surface area contributed by atoms with E-state index >= 15 is 0 Å². The fraction of sp³-hybridized carbons (Fsp3) is 0.909. The molecule has 0 aromatic carbocycles. The summed E-state index contributed by atoms with van der Waals surface area (Å²) in [5, 5.41) is 48.1. The molecule has 1 heterocycles. The maximum Gasteiger partial charge on any atom is 0.364 e. The molecule has 1 fully saturated rings. The van der Waals surface area contributed by atoms with Gasteiger partial charge in [-0.05, 0) is 0 Å². The summed E-state index contributed by atoms with van der Waals surface area (Å²) < 4.78 is 21.0. The molecule has 133 valence electrons. The normalized spacial score (nSPS) is 34.3. The number of carboxylic acids is 1. The molecule has 1 aliphatic heterocycles. The maximum atomic E-state index is 11.4. The van der Waals surface area contributed by atoms with Crippen LogP contribution in [0.3, 0.4) is 0 Å². The number of hydrogen-bond donors (Lipinski definition) is 5. The topological polar surface area (TPSA) is 178 Å². The minimum Gasteiger partial charge on any atom is -0.670 e. The fourth-order valence-corrected chi connectivity index (χ4v) is 2.48. The molecule has 1 saturated heterocycles. The number of carbonyl (C=O) groups is 1. The number of rotatable bonds is 6. The predicted molar refractivity (Wildman–Crippen MR) is 73.6 cm³/mol. The van der Waals surface area contributed by atoms with Crippen LogP contribution in [0.2, 0.25) is 0 Å². The van der Waals surface area contributed by atoms with Crippen molar-refractivity contribution in [1.82, 2.24) is 0 Å². The zero-order valence-corrected chi connectivity index (χ0v) is 18.3. The summed E-state index contributed by atoms with van der Waals surface area (Å²) in [6.45, 7) is 2.05. The van der Waals surface area contributed by atoms with Crippen LogP contribution in [0.5, 0.6) is 0 Å². The SMILES string of the molecule is CP(C)(=O)OCC(O)C(O)C1OC(O)(C(=O)O)CC(O)C1[NH-].[Ac]. The predicted octanol–water partition coefficient (Wildman–Crippen LogP) is -1.39. The molecule has 6 unspecified atom stereocenters. The molecule has 1 rings (SSSR count). The fourth-order valence-electron chi connectivity index (χ4n) is 1.97. The van der Waals surface area contributed by atoms with Crippen molar-refractivity contribution < 1.29 is 88.2 Å². The van der Waals surface area contributed by atoms with Crippen LogP contribution in [0.15, 0.2) is 0 Å². The first-order chi connectivity index (χ1) is 9.87. The Balaban J connectivity index is 0.00000484. The maximum absolute atomic E-state index is 11.4. The number of aliphatic hydroxyl groups is 4. The van der Waals surface area contributed by atoms with Crippen molar-refractivity contribution in [3.8, 4) is 0 Å². The Morgan fingerprint density at radius 1 is 1.48 bits per heavy atom. The summed E-state index contributed by atoms with van der Waals surface area (Å²) in [6.07, 6.45) is -7.46. The number of carboxylic acid groups (broad SMARTS) is 1. The van der Waals surface area contributed by atoms with Gasteiger partial charge in [0.25, 0.3) is 5.79 Å². The quantitative estimate of drug-likeness (QED) is 0.241. The summed E-state index contributed by atoms with van der Waals surface area (Å²) >= 11 is 0. The molecular formula is C11H21AcNO9P-. The van der Waals surface area contributed by atoms with Gasteiger partial charge >= 0.3 is 5.97 Å². The van der Waals surface area contributed by atoms with Crippen LogP contribution in [0, 0.1) is 44.1 Å². The van der Waals surface area contributed by atoms with E-state index in [9.17, 15) is 29.8 Å². The minimum absolute atomic E-state index is 0. The summed E-state index contributed by atoms with van der Waals surface area (Å²) in [5.74, 6) is -4.55. The first-order valence-electron chi connectivity index (χ1n) is 6.46. The molecule has 0 aromatic rings. The molecule has 0 spiro atoms. The molecule has 12 heteroatoms. The zero-order chi connectivity index (χ0) is 17.3. The van der Waals surface area contributed by atoms with E-state index in [1.54, 1.807) is 0 Å². The van der Waals surface area contributed by atoms with E-state index < -0.39 is 62.6 Å². The molecule has 23 heavy (non-hydrogen) atoms. The molecule has 0 bridgehead atoms. The van der Waals surface area contributed by atoms with Crippen LogP contribution in [0.1, 0.15) is 6.42 Å². The van der Waals surface area contributed by atoms with Gasteiger partial charge in [-0.3, -0.25) is 4.57 Å². The minimum atomic E-state index is -2.92. The number of hydrogen-bond acceptors (Lipinski definition) is 8. The van der Waals surface area contributed by atoms with E-state index in [1.165, 1.54) is 13.3 Å². The number of nitrogens with one attached hydrogen (secondary N) is 1. The third-order valence-electron chi connectivity index (χ3n) is 3.21. The molecule has 10 nitrogen and oxygen atoms in total. The van der Waals surface area contributed by atoms with Crippen molar-refractivity contribution in [2.24, 2.45) is 0 Å². The second kappa shape index (κ2) is 8.99. The largest absolute Gasteiger partial charge is 0.670 e. The first kappa shape index (κ1) is 23.9. The van der Waals surface area contributed by atoms with E-state index in [-0.39, 0.29) is 44.1 Å². The molecular weight excluding hydrogens is 548 g/mol. The van der Waals surface area contributed by atoms with Crippen molar-refractivity contribution in [2.45, 2.75) is 42.7 Å². The van der Waals surface area contributed by atoms with E-state index in [0.29, 0.717) is 0 Å². The number of aliphatic hydroxyl groups excluding tert-OH is 3. The van der Waals surface area contributed by atoms with Gasteiger partial charge < -0.3 is 40.5 Å². The van der Waals surface area contributed by atoms with Gasteiger partial charge in [-0.25, -0.2) is 4.79 Å². The van der Waals surface area contributed by atoms with Crippen molar-refractivity contribution in [2.75, 3.05) is 19.9 Å². The van der Waals surface area contributed by atoms with Gasteiger partial charge in [0.2, 0.25) is 0 Å². The van der Waals surface area contributed by atoms with E-state index in [0.717, 1.165) is 0 Å². The second-order valence-electron chi connectivity index (χ2n) is 5.58. The standard InChI is InChI=1S/C11H21NO9P.Ac/c1-22(2,19)20-4-6(14)8(15)9-7(12)5(13)3-11(18,21-9)10(16)17;/h5-9,12-15,18H,3-4H2,1-2H3,(H,16,17);/q-1;. The average molecular weight is 569 g/mol. The first-order valence-corrected chi connectivity index (χ1v) is 8.98. The summed E-state index contributed by atoms with van der Waals surface area (Å²) in [5.41, 5.74) is 7.69. The third-order valence-corrected chi connectivity index (χ3v) is 3.98. The van der Waals surface area contributed by atoms with Crippen LogP contribution in [0.25, 0.3) is 5.73 Å². The third kappa shape index (κ3) is 6.59. The molecule has 0 aliphatic carbocycles. The smallest absolute Gasteiger partial charge is 0.364 e. The Morgan fingerprint density at radius 3 is 2.43 bits per heavy atom. The van der Waals surface area contributed by atoms with Gasteiger partial charge in [0.1, 0.15) is 12.2 Å². The van der Waals surface area contributed by atoms with Gasteiger partial charge in [0, 0.05) is 69.9 Å². The molecule has 0 aromatic heterocycles. The zero-order valence-electron chi connectivity index (χ0n) is 12.7. The van der Waals surface area contributed by atoms with Gasteiger partial charge in [-0.1, -0.05) is 6.04 Å². The van der Waals surface area contributed by atoms with Crippen molar-refractivity contribution >= 4 is 13.3 Å². The Labute approximate surface area is 169 Å². The molecule has 0 saturated carbocycles. The van der Waals surface area contributed by atoms with Crippen molar-refractivity contribution in [3.63, 3.8) is 0 Å². The van der Waals surface area contributed by atoms with Crippen LogP contribution in [0.4, 0.5) is 0 Å². The molecule has 1 aliphatic rings. The van der Waals surface area contributed by atoms with Gasteiger partial charge in [-0.15, -0.1) is 0 Å². The Morgan fingerprint density at radius 2 is 2.00 bits per heavy atom. The summed E-state index contributed by atoms with van der Waals surface area (Å²) in [4.78, 5) is 11.0. The van der Waals surface area contributed by atoms with Crippen LogP contribution in [-0.4, -0.2) is 87.7 Å². The number of aliphatic carboxylic acids is 1. The van der Waals surface area contributed by atoms with E-state index in [1.807, 2.05) is 0 Å². The molecule has 0 amide bonds. The van der Waals surface area contributed by atoms with Crippen LogP contribution >= 0.6 is 7.37 Å². The van der Waals surface area contributed by atoms with E-state index in [2.05, 4.69) is 0 Å². The monoisotopic (exact) mass is 569 g/mol. The Bertz CT molecular complexity index is 461. The Hall–Kier alpha value is 0.862. The van der Waals surface area contributed by atoms with Gasteiger partial charge in [0.05, 0.1) is 12.7 Å². The van der Waals surface area contributed by atoms with Gasteiger partial charge in [0.15, 0.2) is 7.37 Å². The number of ether oxygens (including phenoxy) is 1. The average Bonchev–Trinajstić information content (AvgIpc) is 2.38. The summed E-state index contributed by atoms with van der Waals surface area (Å²) in [6, 6.07) is -1.49. The van der Waals surface area contributed by atoms with Crippen molar-refractivity contribution in [1.29, 1.82) is 0 Å². The van der Waals surface area contributed by atoms with Crippen LogP contribution in [-0.2, 0) is 18.6 Å². The van der Waals surface area contributed by atoms with Crippen LogP contribution < -0.4 is 0 Å². The van der Waals surface area contributed by atoms with Crippen molar-refractivity contribution in [3.05, 3.63) is 5.73 Å².